The van der Waals surface area contributed by atoms with Gasteiger partial charge in [0.25, 0.3) is 0 Å². The molecule has 0 fully saturated rings. The Balaban J connectivity index is 4.32. The van der Waals surface area contributed by atoms with Gasteiger partial charge < -0.3 is 9.84 Å². The number of hydrogen-bond acceptors (Lipinski definition) is 4. The zero-order chi connectivity index (χ0) is 11.8. The minimum atomic E-state index is -1.01. The Kier molecular flexibility index (Phi) is 6.96. The molecular formula is C11H20O4. The Bertz CT molecular complexity index is 213. The molecule has 88 valence electrons. The number of ether oxygens (including phenoxy) is 1. The lowest BCUT2D eigenvalue weighted by molar-refractivity contribution is -0.156. The van der Waals surface area contributed by atoms with E-state index in [0.29, 0.717) is 12.8 Å². The van der Waals surface area contributed by atoms with Gasteiger partial charge in [-0.3, -0.25) is 9.59 Å². The number of ketones is 1. The lowest BCUT2D eigenvalue weighted by Gasteiger charge is -2.18. The van der Waals surface area contributed by atoms with Crippen LogP contribution in [0.25, 0.3) is 0 Å². The summed E-state index contributed by atoms with van der Waals surface area (Å²) in [5.41, 5.74) is 0. The molecular weight excluding hydrogens is 196 g/mol. The topological polar surface area (TPSA) is 63.6 Å². The number of aliphatic hydroxyl groups excluding tert-OH is 1. The molecule has 0 radical (unpaired) electrons. The van der Waals surface area contributed by atoms with Gasteiger partial charge in [-0.25, -0.2) is 0 Å². The molecule has 0 rings (SSSR count). The molecule has 0 bridgehead atoms. The van der Waals surface area contributed by atoms with Crippen LogP contribution in [0.4, 0.5) is 0 Å². The molecule has 4 heteroatoms. The standard InChI is InChI=1S/C11H20O4/c1-4-6-9(13)11(14)10(7-5-2)15-8(3)12/h9-10,13H,4-7H2,1-3H3. The van der Waals surface area contributed by atoms with Crippen LogP contribution in [0.5, 0.6) is 0 Å². The average molecular weight is 216 g/mol. The summed E-state index contributed by atoms with van der Waals surface area (Å²) in [6, 6.07) is 0. The van der Waals surface area contributed by atoms with Crippen molar-refractivity contribution < 1.29 is 19.4 Å². The van der Waals surface area contributed by atoms with Crippen molar-refractivity contribution in [3.05, 3.63) is 0 Å². The fourth-order valence-electron chi connectivity index (χ4n) is 1.35. The number of carbonyl (C=O) groups excluding carboxylic acids is 2. The lowest BCUT2D eigenvalue weighted by atomic mass is 10.0. The van der Waals surface area contributed by atoms with E-state index in [4.69, 9.17) is 4.74 Å². The predicted molar refractivity (Wildman–Crippen MR) is 56.4 cm³/mol. The highest BCUT2D eigenvalue weighted by Gasteiger charge is 2.26. The number of esters is 1. The lowest BCUT2D eigenvalue weighted by Crippen LogP contribution is -2.35. The SMILES string of the molecule is CCCC(O)C(=O)C(CCC)OC(C)=O. The molecule has 0 saturated carbocycles. The summed E-state index contributed by atoms with van der Waals surface area (Å²) in [4.78, 5) is 22.4. The number of hydrogen-bond donors (Lipinski definition) is 1. The quantitative estimate of drug-likeness (QED) is 0.654. The first kappa shape index (κ1) is 14.1. The second-order valence-electron chi connectivity index (χ2n) is 3.59. The summed E-state index contributed by atoms with van der Waals surface area (Å²) in [6.45, 7) is 5.05. The molecule has 0 amide bonds. The van der Waals surface area contributed by atoms with E-state index in [2.05, 4.69) is 0 Å². The van der Waals surface area contributed by atoms with E-state index in [1.54, 1.807) is 0 Å². The number of Topliss-reactive ketones (excluding diaryl/α,β-unsaturated/α-hetero) is 1. The maximum Gasteiger partial charge on any atom is 0.303 e. The van der Waals surface area contributed by atoms with Gasteiger partial charge in [0.15, 0.2) is 6.10 Å². The smallest absolute Gasteiger partial charge is 0.303 e. The Labute approximate surface area is 90.6 Å². The molecule has 4 nitrogen and oxygen atoms in total. The van der Waals surface area contributed by atoms with Gasteiger partial charge in [0.1, 0.15) is 6.10 Å². The molecule has 0 heterocycles. The van der Waals surface area contributed by atoms with Crippen molar-refractivity contribution in [1.82, 2.24) is 0 Å². The van der Waals surface area contributed by atoms with Crippen LogP contribution in [-0.2, 0) is 14.3 Å². The molecule has 0 saturated heterocycles. The number of aliphatic hydroxyl groups is 1. The van der Waals surface area contributed by atoms with Crippen molar-refractivity contribution in [1.29, 1.82) is 0 Å². The van der Waals surface area contributed by atoms with Crippen LogP contribution in [-0.4, -0.2) is 29.1 Å². The summed E-state index contributed by atoms with van der Waals surface area (Å²) in [7, 11) is 0. The molecule has 0 spiro atoms. The van der Waals surface area contributed by atoms with Gasteiger partial charge in [-0.2, -0.15) is 0 Å². The fraction of sp³-hybridized carbons (Fsp3) is 0.818. The zero-order valence-electron chi connectivity index (χ0n) is 9.66. The Morgan fingerprint density at radius 1 is 1.20 bits per heavy atom. The van der Waals surface area contributed by atoms with E-state index in [0.717, 1.165) is 12.8 Å². The monoisotopic (exact) mass is 216 g/mol. The van der Waals surface area contributed by atoms with Crippen LogP contribution in [0.1, 0.15) is 46.5 Å². The normalized spacial score (nSPS) is 14.4. The van der Waals surface area contributed by atoms with Crippen LogP contribution in [0, 0.1) is 0 Å². The Morgan fingerprint density at radius 2 is 1.73 bits per heavy atom. The maximum absolute atomic E-state index is 11.6. The third-order valence-electron chi connectivity index (χ3n) is 2.07. The molecule has 0 aliphatic heterocycles. The van der Waals surface area contributed by atoms with Gasteiger partial charge in [-0.15, -0.1) is 0 Å². The summed E-state index contributed by atoms with van der Waals surface area (Å²) >= 11 is 0. The third kappa shape index (κ3) is 5.52. The van der Waals surface area contributed by atoms with E-state index in [9.17, 15) is 14.7 Å². The zero-order valence-corrected chi connectivity index (χ0v) is 9.66. The van der Waals surface area contributed by atoms with Gasteiger partial charge in [0, 0.05) is 6.92 Å². The van der Waals surface area contributed by atoms with Crippen molar-refractivity contribution in [3.63, 3.8) is 0 Å². The fourth-order valence-corrected chi connectivity index (χ4v) is 1.35. The van der Waals surface area contributed by atoms with Gasteiger partial charge in [0.05, 0.1) is 0 Å². The van der Waals surface area contributed by atoms with E-state index >= 15 is 0 Å². The summed E-state index contributed by atoms with van der Waals surface area (Å²) < 4.78 is 4.87. The molecule has 0 aromatic heterocycles. The summed E-state index contributed by atoms with van der Waals surface area (Å²) in [5, 5.41) is 9.49. The van der Waals surface area contributed by atoms with Crippen molar-refractivity contribution >= 4 is 11.8 Å². The first-order chi connectivity index (χ1) is 7.02. The van der Waals surface area contributed by atoms with E-state index in [1.807, 2.05) is 13.8 Å². The highest BCUT2D eigenvalue weighted by Crippen LogP contribution is 2.09. The minimum Gasteiger partial charge on any atom is -0.454 e. The maximum atomic E-state index is 11.6. The highest BCUT2D eigenvalue weighted by molar-refractivity contribution is 5.88. The second kappa shape index (κ2) is 7.40. The third-order valence-corrected chi connectivity index (χ3v) is 2.07. The molecule has 0 aromatic rings. The van der Waals surface area contributed by atoms with Gasteiger partial charge >= 0.3 is 5.97 Å². The van der Waals surface area contributed by atoms with Crippen molar-refractivity contribution in [2.75, 3.05) is 0 Å². The molecule has 2 unspecified atom stereocenters. The van der Waals surface area contributed by atoms with E-state index in [1.165, 1.54) is 6.92 Å². The van der Waals surface area contributed by atoms with Crippen LogP contribution in [0.15, 0.2) is 0 Å². The molecule has 0 aliphatic rings. The van der Waals surface area contributed by atoms with Crippen LogP contribution in [0.2, 0.25) is 0 Å². The summed E-state index contributed by atoms with van der Waals surface area (Å²) in [6.07, 6.45) is 0.563. The molecule has 0 aromatic carbocycles. The Morgan fingerprint density at radius 3 is 2.13 bits per heavy atom. The highest BCUT2D eigenvalue weighted by atomic mass is 16.5. The average Bonchev–Trinajstić information content (AvgIpc) is 2.16. The van der Waals surface area contributed by atoms with Crippen LogP contribution >= 0.6 is 0 Å². The van der Waals surface area contributed by atoms with E-state index in [-0.39, 0.29) is 5.78 Å². The Hall–Kier alpha value is -0.900. The van der Waals surface area contributed by atoms with Crippen molar-refractivity contribution in [2.45, 2.75) is 58.7 Å². The van der Waals surface area contributed by atoms with Crippen molar-refractivity contribution in [2.24, 2.45) is 0 Å². The van der Waals surface area contributed by atoms with Gasteiger partial charge in [-0.1, -0.05) is 26.7 Å². The van der Waals surface area contributed by atoms with Crippen molar-refractivity contribution in [3.8, 4) is 0 Å². The number of carbonyl (C=O) groups is 2. The summed E-state index contributed by atoms with van der Waals surface area (Å²) in [5.74, 6) is -0.862. The molecule has 2 atom stereocenters. The van der Waals surface area contributed by atoms with Crippen LogP contribution < -0.4 is 0 Å². The van der Waals surface area contributed by atoms with Gasteiger partial charge in [0.2, 0.25) is 5.78 Å². The largest absolute Gasteiger partial charge is 0.454 e. The molecule has 15 heavy (non-hydrogen) atoms. The first-order valence-corrected chi connectivity index (χ1v) is 5.41. The number of rotatable bonds is 7. The predicted octanol–water partition coefficient (Wildman–Crippen LogP) is 1.45. The molecule has 0 aliphatic carbocycles. The molecule has 1 N–H and O–H groups in total. The first-order valence-electron chi connectivity index (χ1n) is 5.41. The minimum absolute atomic E-state index is 0.381. The second-order valence-corrected chi connectivity index (χ2v) is 3.59. The van der Waals surface area contributed by atoms with Crippen LogP contribution in [0.3, 0.4) is 0 Å². The van der Waals surface area contributed by atoms with Gasteiger partial charge in [-0.05, 0) is 12.8 Å². The van der Waals surface area contributed by atoms with E-state index < -0.39 is 18.2 Å².